The Bertz CT molecular complexity index is 2570. The number of oxime groups is 2. The van der Waals surface area contributed by atoms with Gasteiger partial charge in [0.15, 0.2) is 0 Å². The van der Waals surface area contributed by atoms with Crippen LogP contribution in [-0.4, -0.2) is 58.4 Å². The maximum Gasteiger partial charge on any atom is 0.118 e. The Morgan fingerprint density at radius 3 is 1.36 bits per heavy atom. The molecule has 2 saturated carbocycles. The molecule has 310 valence electrons. The van der Waals surface area contributed by atoms with Crippen molar-refractivity contribution in [2.45, 2.75) is 62.2 Å². The van der Waals surface area contributed by atoms with Gasteiger partial charge in [-0.05, 0) is 72.2 Å². The first-order chi connectivity index (χ1) is 30.0. The van der Waals surface area contributed by atoms with E-state index in [1.165, 1.54) is 35.1 Å². The largest absolute Gasteiger partial charge is 0.497 e. The molecule has 2 aromatic heterocycles. The molecule has 4 aliphatic rings. The average Bonchev–Trinajstić information content (AvgIpc) is 3.91. The van der Waals surface area contributed by atoms with Gasteiger partial charge in [0.1, 0.15) is 41.4 Å². The molecule has 0 spiro atoms. The molecule has 2 heterocycles. The third-order valence-electron chi connectivity index (χ3n) is 13.3. The van der Waals surface area contributed by atoms with Gasteiger partial charge in [-0.1, -0.05) is 132 Å². The fourth-order valence-electron chi connectivity index (χ4n) is 9.39. The van der Waals surface area contributed by atoms with Gasteiger partial charge < -0.3 is 19.5 Å². The molecule has 0 amide bonds. The summed E-state index contributed by atoms with van der Waals surface area (Å²) in [5.41, 5.74) is 12.0. The molecule has 0 radical (unpaired) electrons. The number of H-pyrrole nitrogens is 2. The van der Waals surface area contributed by atoms with Crippen molar-refractivity contribution in [1.82, 2.24) is 20.4 Å². The SMILES string of the molecule is CON=C(c1n[nH]c2c1C=CC(c1ccccc1)(c1ccc(OC)cc1)C2)C1CCC1.COc1ccc(C2(c3ccccc3)C=Cc3c(C(=NO)C4CCC4)n[nH]c3C2)cc1. The molecule has 10 nitrogen and oxygen atoms in total. The van der Waals surface area contributed by atoms with Gasteiger partial charge in [0.2, 0.25) is 0 Å². The molecule has 2 unspecified atom stereocenters. The van der Waals surface area contributed by atoms with E-state index in [4.69, 9.17) is 19.4 Å². The van der Waals surface area contributed by atoms with Gasteiger partial charge in [-0.25, -0.2) is 0 Å². The van der Waals surface area contributed by atoms with Crippen LogP contribution in [0.25, 0.3) is 12.2 Å². The number of fused-ring (bicyclic) bond motifs is 2. The van der Waals surface area contributed by atoms with Gasteiger partial charge in [-0.2, -0.15) is 10.2 Å². The quantitative estimate of drug-likeness (QED) is 0.0679. The van der Waals surface area contributed by atoms with E-state index < -0.39 is 0 Å². The third kappa shape index (κ3) is 7.34. The predicted octanol–water partition coefficient (Wildman–Crippen LogP) is 10.1. The van der Waals surface area contributed by atoms with Crippen molar-refractivity contribution in [1.29, 1.82) is 0 Å². The number of nitrogens with zero attached hydrogens (tertiary/aromatic N) is 4. The van der Waals surface area contributed by atoms with Gasteiger partial charge in [0, 0.05) is 58.0 Å². The summed E-state index contributed by atoms with van der Waals surface area (Å²) in [5.74, 6) is 2.44. The van der Waals surface area contributed by atoms with Crippen LogP contribution in [0.5, 0.6) is 11.5 Å². The van der Waals surface area contributed by atoms with Gasteiger partial charge in [-0.15, -0.1) is 0 Å². The van der Waals surface area contributed by atoms with E-state index in [1.54, 1.807) is 21.3 Å². The lowest BCUT2D eigenvalue weighted by molar-refractivity contribution is 0.208. The van der Waals surface area contributed by atoms with Crippen molar-refractivity contribution >= 4 is 23.6 Å². The van der Waals surface area contributed by atoms with Crippen LogP contribution >= 0.6 is 0 Å². The van der Waals surface area contributed by atoms with E-state index in [-0.39, 0.29) is 10.8 Å². The second-order valence-corrected chi connectivity index (χ2v) is 16.5. The van der Waals surface area contributed by atoms with Crippen molar-refractivity contribution < 1.29 is 19.5 Å². The number of methoxy groups -OCH3 is 2. The number of allylic oxidation sites excluding steroid dienone is 2. The minimum absolute atomic E-state index is 0.278. The molecular formula is C51H52N6O4. The summed E-state index contributed by atoms with van der Waals surface area (Å²) in [6.07, 6.45) is 17.3. The highest BCUT2D eigenvalue weighted by Crippen LogP contribution is 2.45. The summed E-state index contributed by atoms with van der Waals surface area (Å²) in [6, 6.07) is 37.9. The lowest BCUT2D eigenvalue weighted by atomic mass is 9.68. The summed E-state index contributed by atoms with van der Waals surface area (Å²) < 4.78 is 10.7. The van der Waals surface area contributed by atoms with Crippen LogP contribution in [0.15, 0.2) is 132 Å². The molecule has 10 heteroatoms. The van der Waals surface area contributed by atoms with Crippen LogP contribution in [0.2, 0.25) is 0 Å². The smallest absolute Gasteiger partial charge is 0.118 e. The van der Waals surface area contributed by atoms with Crippen molar-refractivity contribution in [2.75, 3.05) is 21.3 Å². The van der Waals surface area contributed by atoms with Crippen LogP contribution in [0.3, 0.4) is 0 Å². The van der Waals surface area contributed by atoms with Gasteiger partial charge in [0.25, 0.3) is 0 Å². The van der Waals surface area contributed by atoms with Crippen molar-refractivity contribution in [3.8, 4) is 11.5 Å². The first-order valence-electron chi connectivity index (χ1n) is 21.3. The van der Waals surface area contributed by atoms with Crippen molar-refractivity contribution in [2.24, 2.45) is 22.1 Å². The summed E-state index contributed by atoms with van der Waals surface area (Å²) in [7, 11) is 4.99. The summed E-state index contributed by atoms with van der Waals surface area (Å²) in [6.45, 7) is 0. The van der Waals surface area contributed by atoms with E-state index in [0.717, 1.165) is 89.6 Å². The zero-order valence-corrected chi connectivity index (χ0v) is 35.0. The Balaban J connectivity index is 0.000000156. The molecule has 4 aromatic carbocycles. The average molecular weight is 813 g/mol. The number of hydrogen-bond acceptors (Lipinski definition) is 8. The lowest BCUT2D eigenvalue weighted by Gasteiger charge is -2.34. The first-order valence-corrected chi connectivity index (χ1v) is 21.3. The number of aromatic nitrogens is 4. The van der Waals surface area contributed by atoms with Crippen LogP contribution in [0.4, 0.5) is 0 Å². The summed E-state index contributed by atoms with van der Waals surface area (Å²) in [4.78, 5) is 5.18. The second kappa shape index (κ2) is 17.1. The monoisotopic (exact) mass is 812 g/mol. The Hall–Kier alpha value is -6.68. The Morgan fingerprint density at radius 2 is 0.984 bits per heavy atom. The second-order valence-electron chi connectivity index (χ2n) is 16.5. The van der Waals surface area contributed by atoms with Crippen LogP contribution < -0.4 is 9.47 Å². The molecule has 6 aromatic rings. The number of nitrogens with one attached hydrogen (secondary N) is 2. The van der Waals surface area contributed by atoms with E-state index in [0.29, 0.717) is 17.5 Å². The Labute approximate surface area is 357 Å². The fourth-order valence-corrected chi connectivity index (χ4v) is 9.39. The molecule has 61 heavy (non-hydrogen) atoms. The molecule has 2 atom stereocenters. The maximum atomic E-state index is 9.64. The zero-order valence-electron chi connectivity index (χ0n) is 35.0. The number of ether oxygens (including phenoxy) is 2. The summed E-state index contributed by atoms with van der Waals surface area (Å²) in [5, 5.41) is 33.4. The molecule has 2 fully saturated rings. The van der Waals surface area contributed by atoms with Crippen LogP contribution in [0.1, 0.15) is 94.7 Å². The molecule has 0 saturated heterocycles. The minimum atomic E-state index is -0.308. The number of hydrogen-bond donors (Lipinski definition) is 3. The lowest BCUT2D eigenvalue weighted by Crippen LogP contribution is -2.31. The Kier molecular flexibility index (Phi) is 11.2. The van der Waals surface area contributed by atoms with Crippen LogP contribution in [0, 0.1) is 11.8 Å². The van der Waals surface area contributed by atoms with E-state index in [1.807, 2.05) is 30.3 Å². The van der Waals surface area contributed by atoms with E-state index in [2.05, 4.69) is 129 Å². The van der Waals surface area contributed by atoms with Crippen LogP contribution in [-0.2, 0) is 28.5 Å². The highest BCUT2D eigenvalue weighted by atomic mass is 16.6. The van der Waals surface area contributed by atoms with Crippen molar-refractivity contribution in [3.05, 3.63) is 178 Å². The normalized spacial score (nSPS) is 21.0. The van der Waals surface area contributed by atoms with Gasteiger partial charge >= 0.3 is 0 Å². The van der Waals surface area contributed by atoms with E-state index in [9.17, 15) is 5.21 Å². The topological polar surface area (TPSA) is 130 Å². The molecular weight excluding hydrogens is 761 g/mol. The molecule has 0 aliphatic heterocycles. The minimum Gasteiger partial charge on any atom is -0.497 e. The van der Waals surface area contributed by atoms with E-state index >= 15 is 0 Å². The standard InChI is InChI=1S/C26H27N3O2.C25H25N3O2/c1-30-21-13-11-20(12-14-21)26(19-9-4-3-5-10-19)16-15-22-23(17-26)27-28-25(22)24(29-31-2)18-7-6-8-18;1-30-20-12-10-19(11-13-20)25(18-8-3-2-4-9-18)15-14-21-22(16-25)26-27-24(21)23(28-29)17-6-5-7-17/h3-5,9-16,18H,6-8,17H2,1-2H3,(H,27,28);2-4,8-15,17,29H,5-7,16H2,1H3,(H,26,27). The third-order valence-corrected chi connectivity index (χ3v) is 13.3. The Morgan fingerprint density at radius 1 is 0.574 bits per heavy atom. The molecule has 3 N–H and O–H groups in total. The maximum absolute atomic E-state index is 9.64. The number of rotatable bonds is 11. The molecule has 0 bridgehead atoms. The molecule has 4 aliphatic carbocycles. The van der Waals surface area contributed by atoms with Gasteiger partial charge in [-0.3, -0.25) is 10.2 Å². The summed E-state index contributed by atoms with van der Waals surface area (Å²) >= 11 is 0. The highest BCUT2D eigenvalue weighted by Gasteiger charge is 2.40. The predicted molar refractivity (Wildman–Crippen MR) is 240 cm³/mol. The highest BCUT2D eigenvalue weighted by molar-refractivity contribution is 6.04. The first kappa shape index (κ1) is 39.8. The zero-order chi connectivity index (χ0) is 41.8. The van der Waals surface area contributed by atoms with Gasteiger partial charge in [0.05, 0.1) is 14.2 Å². The fraction of sp³-hybridized carbons (Fsp3) is 0.294. The van der Waals surface area contributed by atoms with Crippen molar-refractivity contribution in [3.63, 3.8) is 0 Å². The number of benzene rings is 4. The number of aromatic amines is 2. The molecule has 10 rings (SSSR count).